The largest absolute Gasteiger partial charge is 0.379 e. The molecule has 0 aromatic rings. The Kier molecular flexibility index (Phi) is 7.04. The number of hydrogen-bond acceptors (Lipinski definition) is 1. The van der Waals surface area contributed by atoms with Gasteiger partial charge in [-0.25, -0.2) is 0 Å². The summed E-state index contributed by atoms with van der Waals surface area (Å²) in [6.07, 6.45) is 4.93. The molecule has 0 aliphatic rings. The van der Waals surface area contributed by atoms with E-state index in [0.29, 0.717) is 6.10 Å². The third-order valence-electron chi connectivity index (χ3n) is 1.62. The average molecular weight is 143 g/mol. The zero-order valence-electron chi connectivity index (χ0n) is 7.23. The van der Waals surface area contributed by atoms with Crippen LogP contribution in [0.2, 0.25) is 0 Å². The molecule has 0 aromatic heterocycles. The minimum atomic E-state index is 0.435. The highest BCUT2D eigenvalue weighted by Crippen LogP contribution is 1.99. The standard InChI is InChI=1S/C9H19O/c1-4-6-7-8-10-9(3)5-2/h9H,1,4-8H2,2-3H3. The van der Waals surface area contributed by atoms with E-state index in [0.717, 1.165) is 25.9 Å². The third-order valence-corrected chi connectivity index (χ3v) is 1.62. The molecule has 0 amide bonds. The van der Waals surface area contributed by atoms with Crippen molar-refractivity contribution in [1.82, 2.24) is 0 Å². The second kappa shape index (κ2) is 7.07. The fraction of sp³-hybridized carbons (Fsp3) is 0.889. The summed E-state index contributed by atoms with van der Waals surface area (Å²) in [4.78, 5) is 0. The second-order valence-corrected chi connectivity index (χ2v) is 2.65. The molecule has 0 rings (SSSR count). The molecule has 0 aromatic carbocycles. The van der Waals surface area contributed by atoms with E-state index in [1.807, 2.05) is 0 Å². The van der Waals surface area contributed by atoms with Gasteiger partial charge in [-0.1, -0.05) is 26.7 Å². The van der Waals surface area contributed by atoms with E-state index >= 15 is 0 Å². The van der Waals surface area contributed by atoms with Gasteiger partial charge in [0.1, 0.15) is 0 Å². The summed E-state index contributed by atoms with van der Waals surface area (Å²) < 4.78 is 5.47. The minimum absolute atomic E-state index is 0.435. The molecular weight excluding hydrogens is 124 g/mol. The highest BCUT2D eigenvalue weighted by Gasteiger charge is 1.95. The van der Waals surface area contributed by atoms with Crippen LogP contribution in [0.1, 0.15) is 39.5 Å². The summed E-state index contributed by atoms with van der Waals surface area (Å²) in [6, 6.07) is 0. The Morgan fingerprint density at radius 3 is 2.60 bits per heavy atom. The molecule has 0 spiro atoms. The Labute approximate surface area is 64.8 Å². The number of hydrogen-bond donors (Lipinski definition) is 0. The summed E-state index contributed by atoms with van der Waals surface area (Å²) in [7, 11) is 0. The molecule has 1 nitrogen and oxygen atoms in total. The van der Waals surface area contributed by atoms with Gasteiger partial charge < -0.3 is 4.74 Å². The molecule has 61 valence electrons. The molecular formula is C9H19O. The summed E-state index contributed by atoms with van der Waals surface area (Å²) in [5.74, 6) is 0. The van der Waals surface area contributed by atoms with Crippen LogP contribution >= 0.6 is 0 Å². The molecule has 10 heavy (non-hydrogen) atoms. The maximum Gasteiger partial charge on any atom is 0.0544 e. The van der Waals surface area contributed by atoms with Gasteiger partial charge in [0.2, 0.25) is 0 Å². The van der Waals surface area contributed by atoms with Crippen LogP contribution in [0, 0.1) is 6.92 Å². The van der Waals surface area contributed by atoms with Crippen molar-refractivity contribution in [2.24, 2.45) is 0 Å². The number of rotatable bonds is 6. The molecule has 0 saturated carbocycles. The van der Waals surface area contributed by atoms with Crippen molar-refractivity contribution in [3.63, 3.8) is 0 Å². The molecule has 0 bridgehead atoms. The van der Waals surface area contributed by atoms with Crippen LogP contribution in [0.4, 0.5) is 0 Å². The molecule has 1 radical (unpaired) electrons. The van der Waals surface area contributed by atoms with Crippen molar-refractivity contribution >= 4 is 0 Å². The van der Waals surface area contributed by atoms with Crippen molar-refractivity contribution in [3.05, 3.63) is 6.92 Å². The van der Waals surface area contributed by atoms with Gasteiger partial charge in [-0.15, -0.1) is 0 Å². The van der Waals surface area contributed by atoms with Crippen LogP contribution in [0.5, 0.6) is 0 Å². The Morgan fingerprint density at radius 2 is 2.10 bits per heavy atom. The summed E-state index contributed by atoms with van der Waals surface area (Å²) in [5.41, 5.74) is 0. The smallest absolute Gasteiger partial charge is 0.0544 e. The Hall–Kier alpha value is -0.0400. The van der Waals surface area contributed by atoms with E-state index < -0.39 is 0 Å². The van der Waals surface area contributed by atoms with E-state index in [9.17, 15) is 0 Å². The lowest BCUT2D eigenvalue weighted by molar-refractivity contribution is 0.0612. The number of unbranched alkanes of at least 4 members (excludes halogenated alkanes) is 2. The monoisotopic (exact) mass is 143 g/mol. The van der Waals surface area contributed by atoms with Crippen molar-refractivity contribution in [2.45, 2.75) is 45.6 Å². The topological polar surface area (TPSA) is 9.23 Å². The molecule has 0 heterocycles. The fourth-order valence-corrected chi connectivity index (χ4v) is 0.681. The molecule has 0 N–H and O–H groups in total. The van der Waals surface area contributed by atoms with Crippen molar-refractivity contribution in [1.29, 1.82) is 0 Å². The summed E-state index contributed by atoms with van der Waals surface area (Å²) in [5, 5.41) is 0. The SMILES string of the molecule is [CH2]CCCCOC(C)CC. The molecule has 0 aliphatic heterocycles. The summed E-state index contributed by atoms with van der Waals surface area (Å²) >= 11 is 0. The highest BCUT2D eigenvalue weighted by atomic mass is 16.5. The molecule has 0 fully saturated rings. The van der Waals surface area contributed by atoms with Gasteiger partial charge in [-0.2, -0.15) is 0 Å². The Morgan fingerprint density at radius 1 is 1.40 bits per heavy atom. The normalized spacial score (nSPS) is 13.5. The van der Waals surface area contributed by atoms with Crippen LogP contribution in [0.3, 0.4) is 0 Å². The minimum Gasteiger partial charge on any atom is -0.379 e. The van der Waals surface area contributed by atoms with Gasteiger partial charge in [0.15, 0.2) is 0 Å². The molecule has 0 aliphatic carbocycles. The first-order chi connectivity index (χ1) is 4.81. The lowest BCUT2D eigenvalue weighted by atomic mass is 10.2. The van der Waals surface area contributed by atoms with Crippen molar-refractivity contribution in [3.8, 4) is 0 Å². The van der Waals surface area contributed by atoms with Crippen LogP contribution in [0.15, 0.2) is 0 Å². The first-order valence-corrected chi connectivity index (χ1v) is 4.22. The van der Waals surface area contributed by atoms with Gasteiger partial charge in [0.25, 0.3) is 0 Å². The predicted octanol–water partition coefficient (Wildman–Crippen LogP) is 2.81. The van der Waals surface area contributed by atoms with Crippen LogP contribution < -0.4 is 0 Å². The number of ether oxygens (including phenoxy) is 1. The van der Waals surface area contributed by atoms with Gasteiger partial charge >= 0.3 is 0 Å². The second-order valence-electron chi connectivity index (χ2n) is 2.65. The zero-order valence-corrected chi connectivity index (χ0v) is 7.23. The fourth-order valence-electron chi connectivity index (χ4n) is 0.681. The Balaban J connectivity index is 2.89. The first kappa shape index (κ1) is 9.96. The van der Waals surface area contributed by atoms with Gasteiger partial charge in [-0.05, 0) is 19.8 Å². The molecule has 1 atom stereocenters. The zero-order chi connectivity index (χ0) is 7.82. The van der Waals surface area contributed by atoms with Crippen LogP contribution in [-0.2, 0) is 4.74 Å². The average Bonchev–Trinajstić information content (AvgIpc) is 1.98. The van der Waals surface area contributed by atoms with Crippen LogP contribution in [-0.4, -0.2) is 12.7 Å². The maximum absolute atomic E-state index is 5.47. The van der Waals surface area contributed by atoms with E-state index in [2.05, 4.69) is 20.8 Å². The lowest BCUT2D eigenvalue weighted by Gasteiger charge is -2.09. The molecule has 1 heteroatoms. The van der Waals surface area contributed by atoms with Crippen molar-refractivity contribution < 1.29 is 4.74 Å². The summed E-state index contributed by atoms with van der Waals surface area (Å²) in [6.45, 7) is 8.93. The lowest BCUT2D eigenvalue weighted by Crippen LogP contribution is -2.07. The molecule has 0 saturated heterocycles. The van der Waals surface area contributed by atoms with Crippen LogP contribution in [0.25, 0.3) is 0 Å². The highest BCUT2D eigenvalue weighted by molar-refractivity contribution is 4.46. The van der Waals surface area contributed by atoms with Gasteiger partial charge in [0, 0.05) is 6.61 Å². The third kappa shape index (κ3) is 6.09. The molecule has 1 unspecified atom stereocenters. The van der Waals surface area contributed by atoms with E-state index in [1.165, 1.54) is 6.42 Å². The Bertz CT molecular complexity index is 61.7. The van der Waals surface area contributed by atoms with E-state index in [1.54, 1.807) is 0 Å². The van der Waals surface area contributed by atoms with Gasteiger partial charge in [0.05, 0.1) is 6.10 Å². The van der Waals surface area contributed by atoms with Gasteiger partial charge in [-0.3, -0.25) is 0 Å². The first-order valence-electron chi connectivity index (χ1n) is 4.22. The van der Waals surface area contributed by atoms with E-state index in [4.69, 9.17) is 4.74 Å². The van der Waals surface area contributed by atoms with E-state index in [-0.39, 0.29) is 0 Å². The predicted molar refractivity (Wildman–Crippen MR) is 44.9 cm³/mol. The maximum atomic E-state index is 5.47. The quantitative estimate of drug-likeness (QED) is 0.519. The van der Waals surface area contributed by atoms with Crippen molar-refractivity contribution in [2.75, 3.05) is 6.61 Å².